The van der Waals surface area contributed by atoms with E-state index >= 15 is 0 Å². The summed E-state index contributed by atoms with van der Waals surface area (Å²) in [5, 5.41) is 3.07. The van der Waals surface area contributed by atoms with Gasteiger partial charge in [0.05, 0.1) is 0 Å². The van der Waals surface area contributed by atoms with E-state index in [1.807, 2.05) is 32.0 Å². The van der Waals surface area contributed by atoms with Gasteiger partial charge in [0.25, 0.3) is 0 Å². The molecule has 0 aliphatic heterocycles. The Kier molecular flexibility index (Phi) is 6.99. The fraction of sp³-hybridized carbons (Fsp3) is 0.429. The molecule has 25 heavy (non-hydrogen) atoms. The van der Waals surface area contributed by atoms with Gasteiger partial charge in [0.1, 0.15) is 0 Å². The van der Waals surface area contributed by atoms with Crippen LogP contribution in [0.1, 0.15) is 56.4 Å². The van der Waals surface area contributed by atoms with E-state index < -0.39 is 0 Å². The molecule has 134 valence electrons. The van der Waals surface area contributed by atoms with Crippen LogP contribution in [0.2, 0.25) is 0 Å². The van der Waals surface area contributed by atoms with E-state index in [4.69, 9.17) is 0 Å². The number of hydrogen-bond donors (Lipinski definition) is 1. The lowest BCUT2D eigenvalue weighted by Crippen LogP contribution is -2.41. The van der Waals surface area contributed by atoms with Gasteiger partial charge in [-0.15, -0.1) is 0 Å². The van der Waals surface area contributed by atoms with E-state index in [2.05, 4.69) is 48.4 Å². The predicted molar refractivity (Wildman–Crippen MR) is 103 cm³/mol. The Labute approximate surface area is 151 Å². The van der Waals surface area contributed by atoms with E-state index in [1.165, 1.54) is 11.1 Å². The van der Waals surface area contributed by atoms with Gasteiger partial charge in [-0.1, -0.05) is 44.2 Å². The quantitative estimate of drug-likeness (QED) is 0.813. The molecule has 0 radical (unpaired) electrons. The Bertz CT molecular complexity index is 649. The molecule has 0 aliphatic rings. The summed E-state index contributed by atoms with van der Waals surface area (Å²) in [6.07, 6.45) is 1.80. The van der Waals surface area contributed by atoms with Crippen LogP contribution in [0.4, 0.5) is 4.79 Å². The molecule has 2 rings (SSSR count). The van der Waals surface area contributed by atoms with Crippen LogP contribution in [-0.2, 0) is 0 Å². The molecule has 1 N–H and O–H groups in total. The van der Waals surface area contributed by atoms with Crippen molar-refractivity contribution in [2.75, 3.05) is 19.6 Å². The molecule has 1 unspecified atom stereocenters. The van der Waals surface area contributed by atoms with Crippen LogP contribution in [0.15, 0.2) is 48.7 Å². The first-order valence-electron chi connectivity index (χ1n) is 9.10. The predicted octanol–water partition coefficient (Wildman–Crippen LogP) is 4.39. The minimum Gasteiger partial charge on any atom is -0.337 e. The molecule has 1 atom stereocenters. The molecule has 0 saturated heterocycles. The van der Waals surface area contributed by atoms with Crippen LogP contribution < -0.4 is 5.32 Å². The second-order valence-corrected chi connectivity index (χ2v) is 6.49. The van der Waals surface area contributed by atoms with Crippen molar-refractivity contribution in [3.63, 3.8) is 0 Å². The number of hydrogen-bond acceptors (Lipinski definition) is 2. The van der Waals surface area contributed by atoms with E-state index in [-0.39, 0.29) is 11.9 Å². The molecule has 0 bridgehead atoms. The smallest absolute Gasteiger partial charge is 0.317 e. The lowest BCUT2D eigenvalue weighted by Gasteiger charge is -2.23. The van der Waals surface area contributed by atoms with Gasteiger partial charge in [-0.3, -0.25) is 4.98 Å². The average molecular weight is 339 g/mol. The first-order valence-corrected chi connectivity index (χ1v) is 9.10. The SMILES string of the molecule is CCN(CC)C(=O)NCC(c1ccc(C(C)C)cc1)c1ccccn1. The molecule has 4 heteroatoms. The van der Waals surface area contributed by atoms with Gasteiger partial charge in [0.2, 0.25) is 0 Å². The van der Waals surface area contributed by atoms with Crippen LogP contribution in [0, 0.1) is 0 Å². The summed E-state index contributed by atoms with van der Waals surface area (Å²) in [7, 11) is 0. The summed E-state index contributed by atoms with van der Waals surface area (Å²) in [5.74, 6) is 0.548. The van der Waals surface area contributed by atoms with Crippen LogP contribution >= 0.6 is 0 Å². The first-order chi connectivity index (χ1) is 12.1. The maximum atomic E-state index is 12.3. The molecular weight excluding hydrogens is 310 g/mol. The third kappa shape index (κ3) is 5.05. The molecule has 0 saturated carbocycles. The van der Waals surface area contributed by atoms with Crippen molar-refractivity contribution in [1.29, 1.82) is 0 Å². The number of aromatic nitrogens is 1. The summed E-state index contributed by atoms with van der Waals surface area (Å²) in [4.78, 5) is 18.6. The van der Waals surface area contributed by atoms with Gasteiger partial charge in [0, 0.05) is 37.4 Å². The number of amides is 2. The number of nitrogens with zero attached hydrogens (tertiary/aromatic N) is 2. The van der Waals surface area contributed by atoms with Crippen molar-refractivity contribution in [3.05, 3.63) is 65.5 Å². The molecule has 1 aromatic carbocycles. The fourth-order valence-corrected chi connectivity index (χ4v) is 2.90. The first kappa shape index (κ1) is 19.0. The second-order valence-electron chi connectivity index (χ2n) is 6.49. The van der Waals surface area contributed by atoms with Gasteiger partial charge in [-0.05, 0) is 43.0 Å². The zero-order chi connectivity index (χ0) is 18.2. The van der Waals surface area contributed by atoms with Gasteiger partial charge >= 0.3 is 6.03 Å². The average Bonchev–Trinajstić information content (AvgIpc) is 2.64. The van der Waals surface area contributed by atoms with Crippen LogP contribution in [0.25, 0.3) is 0 Å². The molecule has 0 fully saturated rings. The third-order valence-electron chi connectivity index (χ3n) is 4.56. The van der Waals surface area contributed by atoms with Crippen molar-refractivity contribution in [2.45, 2.75) is 39.5 Å². The molecule has 4 nitrogen and oxygen atoms in total. The number of rotatable bonds is 7. The number of nitrogens with one attached hydrogen (secondary N) is 1. The monoisotopic (exact) mass is 339 g/mol. The van der Waals surface area contributed by atoms with Gasteiger partial charge in [0.15, 0.2) is 0 Å². The summed E-state index contributed by atoms with van der Waals surface area (Å²) >= 11 is 0. The van der Waals surface area contributed by atoms with Gasteiger partial charge in [-0.25, -0.2) is 4.79 Å². The highest BCUT2D eigenvalue weighted by atomic mass is 16.2. The zero-order valence-electron chi connectivity index (χ0n) is 15.7. The summed E-state index contributed by atoms with van der Waals surface area (Å²) < 4.78 is 0. The van der Waals surface area contributed by atoms with Crippen molar-refractivity contribution in [2.24, 2.45) is 0 Å². The van der Waals surface area contributed by atoms with E-state index in [0.717, 1.165) is 5.69 Å². The molecule has 2 amide bonds. The molecule has 2 aromatic rings. The number of pyridine rings is 1. The highest BCUT2D eigenvalue weighted by molar-refractivity contribution is 5.74. The summed E-state index contributed by atoms with van der Waals surface area (Å²) in [6, 6.07) is 14.5. The third-order valence-corrected chi connectivity index (χ3v) is 4.56. The largest absolute Gasteiger partial charge is 0.337 e. The van der Waals surface area contributed by atoms with Crippen molar-refractivity contribution < 1.29 is 4.79 Å². The zero-order valence-corrected chi connectivity index (χ0v) is 15.7. The molecule has 0 aliphatic carbocycles. The Hall–Kier alpha value is -2.36. The summed E-state index contributed by atoms with van der Waals surface area (Å²) in [6.45, 7) is 10.3. The minimum atomic E-state index is -0.0234. The lowest BCUT2D eigenvalue weighted by molar-refractivity contribution is 0.203. The van der Waals surface area contributed by atoms with Crippen molar-refractivity contribution >= 4 is 6.03 Å². The Morgan fingerprint density at radius 1 is 1.04 bits per heavy atom. The maximum Gasteiger partial charge on any atom is 0.317 e. The van der Waals surface area contributed by atoms with Crippen LogP contribution in [0.3, 0.4) is 0 Å². The normalized spacial score (nSPS) is 12.0. The van der Waals surface area contributed by atoms with Gasteiger partial charge < -0.3 is 10.2 Å². The topological polar surface area (TPSA) is 45.2 Å². The standard InChI is InChI=1S/C21H29N3O/c1-5-24(6-2)21(25)23-15-19(20-9-7-8-14-22-20)18-12-10-17(11-13-18)16(3)4/h7-14,16,19H,5-6,15H2,1-4H3,(H,23,25). The molecule has 0 spiro atoms. The number of carbonyl (C=O) groups excluding carboxylic acids is 1. The Morgan fingerprint density at radius 3 is 2.20 bits per heavy atom. The number of urea groups is 1. The fourth-order valence-electron chi connectivity index (χ4n) is 2.90. The Morgan fingerprint density at radius 2 is 1.68 bits per heavy atom. The highest BCUT2D eigenvalue weighted by Crippen LogP contribution is 2.24. The van der Waals surface area contributed by atoms with Crippen LogP contribution in [-0.4, -0.2) is 35.5 Å². The molecule has 1 heterocycles. The number of carbonyl (C=O) groups is 1. The second kappa shape index (κ2) is 9.21. The van der Waals surface area contributed by atoms with Crippen molar-refractivity contribution in [1.82, 2.24) is 15.2 Å². The van der Waals surface area contributed by atoms with E-state index in [0.29, 0.717) is 25.6 Å². The van der Waals surface area contributed by atoms with Crippen LogP contribution in [0.5, 0.6) is 0 Å². The van der Waals surface area contributed by atoms with E-state index in [1.54, 1.807) is 11.1 Å². The Balaban J connectivity index is 2.21. The molecule has 1 aromatic heterocycles. The highest BCUT2D eigenvalue weighted by Gasteiger charge is 2.18. The van der Waals surface area contributed by atoms with Gasteiger partial charge in [-0.2, -0.15) is 0 Å². The minimum absolute atomic E-state index is 0.0234. The van der Waals surface area contributed by atoms with Crippen molar-refractivity contribution in [3.8, 4) is 0 Å². The lowest BCUT2D eigenvalue weighted by atomic mass is 9.92. The maximum absolute atomic E-state index is 12.3. The number of benzene rings is 1. The molecular formula is C21H29N3O. The summed E-state index contributed by atoms with van der Waals surface area (Å²) in [5.41, 5.74) is 3.46. The van der Waals surface area contributed by atoms with E-state index in [9.17, 15) is 4.79 Å².